The fourth-order valence-corrected chi connectivity index (χ4v) is 4.49. The zero-order chi connectivity index (χ0) is 25.9. The molecule has 0 N–H and O–H groups in total. The fourth-order valence-electron chi connectivity index (χ4n) is 4.49. The van der Waals surface area contributed by atoms with Crippen molar-refractivity contribution in [3.63, 3.8) is 0 Å². The third-order valence-electron chi connectivity index (χ3n) is 6.36. The van der Waals surface area contributed by atoms with E-state index < -0.39 is 0 Å². The lowest BCUT2D eigenvalue weighted by Crippen LogP contribution is -1.91. The fraction of sp³-hybridized carbons (Fsp3) is 0. The summed E-state index contributed by atoms with van der Waals surface area (Å²) in [7, 11) is 0. The van der Waals surface area contributed by atoms with Crippen molar-refractivity contribution in [1.29, 1.82) is 5.26 Å². The predicted octanol–water partition coefficient (Wildman–Crippen LogP) is 7.51. The molecule has 4 aromatic heterocycles. The lowest BCUT2D eigenvalue weighted by molar-refractivity contribution is 1.24. The number of benzene rings is 2. The summed E-state index contributed by atoms with van der Waals surface area (Å²) in [5, 5.41) is 11.4. The van der Waals surface area contributed by atoms with Gasteiger partial charge in [0, 0.05) is 35.9 Å². The molecule has 0 atom stereocenters. The number of pyridine rings is 4. The first-order chi connectivity index (χ1) is 18.7. The summed E-state index contributed by atoms with van der Waals surface area (Å²) in [5.74, 6) is 0. The highest BCUT2D eigenvalue weighted by atomic mass is 14.8. The molecule has 0 saturated carbocycles. The van der Waals surface area contributed by atoms with Gasteiger partial charge in [-0.15, -0.1) is 0 Å². The van der Waals surface area contributed by atoms with Crippen molar-refractivity contribution in [3.8, 4) is 51.1 Å². The first-order valence-electron chi connectivity index (χ1n) is 11.9. The molecule has 0 saturated heterocycles. The first kappa shape index (κ1) is 22.7. The standard InChI is InChI=1S/C32H18N6/c1-34-24-13-15-36-32(17-24)30-11-9-23(20-38-30)26-5-3-6-27-25(4-2-7-28(26)27)22-8-10-29(37-19-22)31-16-21(18-33)12-14-35-31/h2-17,19-20H. The molecule has 4 heterocycles. The summed E-state index contributed by atoms with van der Waals surface area (Å²) in [6.45, 7) is 7.23. The van der Waals surface area contributed by atoms with Crippen LogP contribution in [0.3, 0.4) is 0 Å². The van der Waals surface area contributed by atoms with E-state index in [4.69, 9.17) is 6.57 Å². The molecule has 38 heavy (non-hydrogen) atoms. The Hall–Kier alpha value is -5.72. The van der Waals surface area contributed by atoms with Crippen LogP contribution in [-0.4, -0.2) is 19.9 Å². The quantitative estimate of drug-likeness (QED) is 0.241. The van der Waals surface area contributed by atoms with E-state index in [1.165, 1.54) is 0 Å². The first-order valence-corrected chi connectivity index (χ1v) is 11.9. The molecular weight excluding hydrogens is 468 g/mol. The van der Waals surface area contributed by atoms with E-state index in [1.54, 1.807) is 36.7 Å². The van der Waals surface area contributed by atoms with E-state index in [2.05, 4.69) is 67.2 Å². The molecule has 6 heteroatoms. The molecule has 0 spiro atoms. The van der Waals surface area contributed by atoms with Crippen LogP contribution in [-0.2, 0) is 0 Å². The Bertz CT molecular complexity index is 1740. The topological polar surface area (TPSA) is 79.7 Å². The van der Waals surface area contributed by atoms with Crippen molar-refractivity contribution in [2.24, 2.45) is 0 Å². The molecule has 0 radical (unpaired) electrons. The second kappa shape index (κ2) is 9.73. The maximum absolute atomic E-state index is 9.18. The minimum Gasteiger partial charge on any atom is -0.257 e. The summed E-state index contributed by atoms with van der Waals surface area (Å²) < 4.78 is 0. The molecule has 0 unspecified atom stereocenters. The Balaban J connectivity index is 1.36. The minimum absolute atomic E-state index is 0.539. The van der Waals surface area contributed by atoms with E-state index in [0.717, 1.165) is 44.4 Å². The van der Waals surface area contributed by atoms with Crippen LogP contribution in [0, 0.1) is 17.9 Å². The van der Waals surface area contributed by atoms with Gasteiger partial charge in [-0.3, -0.25) is 19.9 Å². The van der Waals surface area contributed by atoms with E-state index in [1.807, 2.05) is 36.7 Å². The smallest absolute Gasteiger partial charge is 0.190 e. The van der Waals surface area contributed by atoms with E-state index >= 15 is 0 Å². The number of fused-ring (bicyclic) bond motifs is 1. The Morgan fingerprint density at radius 2 is 1.18 bits per heavy atom. The van der Waals surface area contributed by atoms with Gasteiger partial charge in [0.1, 0.15) is 0 Å². The summed E-state index contributed by atoms with van der Waals surface area (Å²) in [4.78, 5) is 21.5. The van der Waals surface area contributed by atoms with E-state index in [0.29, 0.717) is 22.6 Å². The van der Waals surface area contributed by atoms with Crippen LogP contribution in [0.2, 0.25) is 0 Å². The summed E-state index contributed by atoms with van der Waals surface area (Å²) in [5.41, 5.74) is 8.02. The monoisotopic (exact) mass is 486 g/mol. The van der Waals surface area contributed by atoms with Crippen molar-refractivity contribution in [2.75, 3.05) is 0 Å². The van der Waals surface area contributed by atoms with Crippen molar-refractivity contribution in [3.05, 3.63) is 127 Å². The van der Waals surface area contributed by atoms with E-state index in [9.17, 15) is 5.26 Å². The number of hydrogen-bond donors (Lipinski definition) is 0. The zero-order valence-corrected chi connectivity index (χ0v) is 20.1. The van der Waals surface area contributed by atoms with Crippen LogP contribution < -0.4 is 0 Å². The van der Waals surface area contributed by atoms with Gasteiger partial charge in [0.25, 0.3) is 0 Å². The molecule has 6 rings (SSSR count). The zero-order valence-electron chi connectivity index (χ0n) is 20.1. The van der Waals surface area contributed by atoms with Crippen molar-refractivity contribution in [1.82, 2.24) is 19.9 Å². The van der Waals surface area contributed by atoms with Gasteiger partial charge < -0.3 is 0 Å². The molecule has 0 fully saturated rings. The normalized spacial score (nSPS) is 10.6. The summed E-state index contributed by atoms with van der Waals surface area (Å²) in [6, 6.07) is 29.4. The number of rotatable bonds is 4. The third kappa shape index (κ3) is 4.24. The Kier molecular flexibility index (Phi) is 5.82. The highest BCUT2D eigenvalue weighted by Gasteiger charge is 2.11. The van der Waals surface area contributed by atoms with E-state index in [-0.39, 0.29) is 0 Å². The summed E-state index contributed by atoms with van der Waals surface area (Å²) >= 11 is 0. The maximum Gasteiger partial charge on any atom is 0.190 e. The SMILES string of the molecule is [C-]#[N+]c1ccnc(-c2ccc(-c3cccc4c(-c5ccc(-c6cc(C#N)ccn6)nc5)cccc34)cn2)c1. The molecule has 0 aliphatic heterocycles. The highest BCUT2D eigenvalue weighted by Crippen LogP contribution is 2.35. The van der Waals surface area contributed by atoms with Crippen LogP contribution in [0.5, 0.6) is 0 Å². The molecule has 2 aromatic carbocycles. The van der Waals surface area contributed by atoms with Gasteiger partial charge in [-0.2, -0.15) is 5.26 Å². The third-order valence-corrected chi connectivity index (χ3v) is 6.36. The maximum atomic E-state index is 9.18. The molecule has 0 aliphatic carbocycles. The number of nitrogens with zero attached hydrogens (tertiary/aromatic N) is 6. The van der Waals surface area contributed by atoms with Crippen molar-refractivity contribution in [2.45, 2.75) is 0 Å². The van der Waals surface area contributed by atoms with Gasteiger partial charge in [-0.25, -0.2) is 4.85 Å². The number of hydrogen-bond acceptors (Lipinski definition) is 5. The van der Waals surface area contributed by atoms with Gasteiger partial charge in [-0.05, 0) is 58.3 Å². The Morgan fingerprint density at radius 1 is 0.605 bits per heavy atom. The second-order valence-corrected chi connectivity index (χ2v) is 8.62. The molecule has 0 aliphatic rings. The van der Waals surface area contributed by atoms with Gasteiger partial charge >= 0.3 is 0 Å². The molecule has 0 amide bonds. The van der Waals surface area contributed by atoms with Crippen LogP contribution in [0.25, 0.3) is 60.6 Å². The highest BCUT2D eigenvalue weighted by molar-refractivity contribution is 6.04. The molecule has 176 valence electrons. The number of nitriles is 1. The average molecular weight is 487 g/mol. The minimum atomic E-state index is 0.539. The van der Waals surface area contributed by atoms with Gasteiger partial charge in [-0.1, -0.05) is 48.5 Å². The number of aromatic nitrogens is 4. The predicted molar refractivity (Wildman–Crippen MR) is 148 cm³/mol. The summed E-state index contributed by atoms with van der Waals surface area (Å²) in [6.07, 6.45) is 6.95. The average Bonchev–Trinajstić information content (AvgIpc) is 3.00. The van der Waals surface area contributed by atoms with Gasteiger partial charge in [0.2, 0.25) is 0 Å². The van der Waals surface area contributed by atoms with Gasteiger partial charge in [0.05, 0.1) is 41.0 Å². The Labute approximate surface area is 219 Å². The molecule has 6 nitrogen and oxygen atoms in total. The lowest BCUT2D eigenvalue weighted by atomic mass is 9.94. The molecule has 0 bridgehead atoms. The Morgan fingerprint density at radius 3 is 1.71 bits per heavy atom. The molecule has 6 aromatic rings. The van der Waals surface area contributed by atoms with Gasteiger partial charge in [0.15, 0.2) is 5.69 Å². The lowest BCUT2D eigenvalue weighted by Gasteiger charge is -2.12. The second-order valence-electron chi connectivity index (χ2n) is 8.62. The van der Waals surface area contributed by atoms with Crippen LogP contribution >= 0.6 is 0 Å². The van der Waals surface area contributed by atoms with Crippen molar-refractivity contribution < 1.29 is 0 Å². The van der Waals surface area contributed by atoms with Crippen molar-refractivity contribution >= 4 is 16.5 Å². The molecular formula is C32H18N6. The van der Waals surface area contributed by atoms with Crippen LogP contribution in [0.1, 0.15) is 5.56 Å². The van der Waals surface area contributed by atoms with Crippen LogP contribution in [0.15, 0.2) is 110 Å². The largest absolute Gasteiger partial charge is 0.257 e. The van der Waals surface area contributed by atoms with Crippen LogP contribution in [0.4, 0.5) is 5.69 Å².